The molecule has 1 N–H and O–H groups in total. The smallest absolute Gasteiger partial charge is 0.130 e. The largest absolute Gasteiger partial charge is 0.334 e. The first kappa shape index (κ1) is 14.2. The number of aryl methyl sites for hydroxylation is 1. The molecule has 0 aliphatic heterocycles. The summed E-state index contributed by atoms with van der Waals surface area (Å²) in [6.07, 6.45) is 6.04. The molecule has 0 amide bonds. The number of aromatic nitrogens is 2. The molecule has 2 aromatic rings. The minimum absolute atomic E-state index is 0.156. The van der Waals surface area contributed by atoms with Gasteiger partial charge < -0.3 is 9.88 Å². The fourth-order valence-corrected chi connectivity index (χ4v) is 2.93. The lowest BCUT2D eigenvalue weighted by Gasteiger charge is -2.21. The normalized spacial score (nSPS) is 12.6. The summed E-state index contributed by atoms with van der Waals surface area (Å²) >= 11 is 1.78. The van der Waals surface area contributed by atoms with Crippen molar-refractivity contribution in [2.45, 2.75) is 31.3 Å². The second kappa shape index (κ2) is 6.78. The van der Waals surface area contributed by atoms with Crippen molar-refractivity contribution < 1.29 is 0 Å². The summed E-state index contributed by atoms with van der Waals surface area (Å²) in [6, 6.07) is 8.70. The quantitative estimate of drug-likeness (QED) is 0.820. The number of rotatable bonds is 6. The lowest BCUT2D eigenvalue weighted by atomic mass is 10.1. The van der Waals surface area contributed by atoms with E-state index in [-0.39, 0.29) is 6.04 Å². The molecular formula is C15H21N3S. The van der Waals surface area contributed by atoms with Gasteiger partial charge in [-0.05, 0) is 31.4 Å². The van der Waals surface area contributed by atoms with Crippen molar-refractivity contribution in [2.24, 2.45) is 0 Å². The van der Waals surface area contributed by atoms with Gasteiger partial charge in [-0.25, -0.2) is 4.98 Å². The van der Waals surface area contributed by atoms with E-state index in [1.165, 1.54) is 10.5 Å². The van der Waals surface area contributed by atoms with Crippen molar-refractivity contribution in [2.75, 3.05) is 12.8 Å². The van der Waals surface area contributed by atoms with E-state index < -0.39 is 0 Å². The first-order valence-electron chi connectivity index (χ1n) is 6.69. The van der Waals surface area contributed by atoms with Crippen LogP contribution in [0.5, 0.6) is 0 Å². The van der Waals surface area contributed by atoms with E-state index in [2.05, 4.69) is 59.2 Å². The van der Waals surface area contributed by atoms with Crippen LogP contribution in [-0.2, 0) is 6.54 Å². The average Bonchev–Trinajstić information content (AvgIpc) is 2.93. The lowest BCUT2D eigenvalue weighted by molar-refractivity contribution is 0.553. The standard InChI is InChI=1S/C15H21N3S/c1-4-16-14(15-17-10-11-18(15)5-2)12-8-6-7-9-13(12)19-3/h6-11,14,16H,4-5H2,1-3H3. The van der Waals surface area contributed by atoms with E-state index in [0.717, 1.165) is 18.9 Å². The summed E-state index contributed by atoms with van der Waals surface area (Å²) in [5.41, 5.74) is 1.30. The Kier molecular flexibility index (Phi) is 5.05. The predicted molar refractivity (Wildman–Crippen MR) is 81.6 cm³/mol. The number of imidazole rings is 1. The molecule has 1 aromatic carbocycles. The van der Waals surface area contributed by atoms with Gasteiger partial charge in [-0.3, -0.25) is 0 Å². The highest BCUT2D eigenvalue weighted by atomic mass is 32.2. The molecule has 0 aliphatic rings. The highest BCUT2D eigenvalue weighted by Crippen LogP contribution is 2.29. The average molecular weight is 275 g/mol. The highest BCUT2D eigenvalue weighted by Gasteiger charge is 2.20. The van der Waals surface area contributed by atoms with Crippen LogP contribution in [0.3, 0.4) is 0 Å². The van der Waals surface area contributed by atoms with Gasteiger partial charge in [0.2, 0.25) is 0 Å². The Balaban J connectivity index is 2.45. The third-order valence-electron chi connectivity index (χ3n) is 3.20. The third kappa shape index (κ3) is 3.01. The number of hydrogen-bond donors (Lipinski definition) is 1. The van der Waals surface area contributed by atoms with E-state index >= 15 is 0 Å². The second-order valence-corrected chi connectivity index (χ2v) is 5.15. The van der Waals surface area contributed by atoms with Crippen molar-refractivity contribution in [3.63, 3.8) is 0 Å². The molecule has 1 atom stereocenters. The van der Waals surface area contributed by atoms with Crippen molar-refractivity contribution in [1.82, 2.24) is 14.9 Å². The Morgan fingerprint density at radius 1 is 1.32 bits per heavy atom. The van der Waals surface area contributed by atoms with Gasteiger partial charge in [-0.1, -0.05) is 25.1 Å². The summed E-state index contributed by atoms with van der Waals surface area (Å²) in [5, 5.41) is 3.55. The maximum absolute atomic E-state index is 4.55. The van der Waals surface area contributed by atoms with Crippen LogP contribution in [0.25, 0.3) is 0 Å². The van der Waals surface area contributed by atoms with Crippen LogP contribution in [0.2, 0.25) is 0 Å². The molecule has 1 unspecified atom stereocenters. The molecule has 1 aromatic heterocycles. The molecule has 0 fully saturated rings. The first-order chi connectivity index (χ1) is 9.31. The van der Waals surface area contributed by atoms with Crippen molar-refractivity contribution in [3.8, 4) is 0 Å². The molecule has 0 radical (unpaired) electrons. The summed E-state index contributed by atoms with van der Waals surface area (Å²) in [6.45, 7) is 6.14. The Hall–Kier alpha value is -1.26. The highest BCUT2D eigenvalue weighted by molar-refractivity contribution is 7.98. The number of nitrogens with one attached hydrogen (secondary N) is 1. The van der Waals surface area contributed by atoms with Gasteiger partial charge in [0.05, 0.1) is 6.04 Å². The van der Waals surface area contributed by atoms with Gasteiger partial charge in [0, 0.05) is 23.8 Å². The zero-order valence-corrected chi connectivity index (χ0v) is 12.6. The number of nitrogens with zero attached hydrogens (tertiary/aromatic N) is 2. The van der Waals surface area contributed by atoms with E-state index in [9.17, 15) is 0 Å². The van der Waals surface area contributed by atoms with Crippen LogP contribution in [-0.4, -0.2) is 22.4 Å². The van der Waals surface area contributed by atoms with Crippen LogP contribution in [0.1, 0.15) is 31.3 Å². The van der Waals surface area contributed by atoms with Crippen molar-refractivity contribution in [3.05, 3.63) is 48.0 Å². The Bertz CT molecular complexity index is 522. The summed E-state index contributed by atoms with van der Waals surface area (Å²) in [7, 11) is 0. The lowest BCUT2D eigenvalue weighted by Crippen LogP contribution is -2.25. The van der Waals surface area contributed by atoms with Crippen LogP contribution >= 0.6 is 11.8 Å². The molecule has 1 heterocycles. The zero-order valence-electron chi connectivity index (χ0n) is 11.8. The molecule has 0 spiro atoms. The monoisotopic (exact) mass is 275 g/mol. The van der Waals surface area contributed by atoms with Crippen LogP contribution < -0.4 is 5.32 Å². The molecule has 3 nitrogen and oxygen atoms in total. The molecule has 102 valence electrons. The minimum atomic E-state index is 0.156. The Morgan fingerprint density at radius 2 is 2.11 bits per heavy atom. The molecule has 0 saturated carbocycles. The van der Waals surface area contributed by atoms with E-state index in [0.29, 0.717) is 0 Å². The topological polar surface area (TPSA) is 29.9 Å². The molecule has 19 heavy (non-hydrogen) atoms. The van der Waals surface area contributed by atoms with Gasteiger partial charge >= 0.3 is 0 Å². The van der Waals surface area contributed by atoms with Gasteiger partial charge in [0.15, 0.2) is 0 Å². The fraction of sp³-hybridized carbons (Fsp3) is 0.400. The van der Waals surface area contributed by atoms with Gasteiger partial charge in [0.1, 0.15) is 5.82 Å². The Morgan fingerprint density at radius 3 is 2.79 bits per heavy atom. The zero-order chi connectivity index (χ0) is 13.7. The fourth-order valence-electron chi connectivity index (χ4n) is 2.30. The van der Waals surface area contributed by atoms with Crippen LogP contribution in [0.4, 0.5) is 0 Å². The number of thioether (sulfide) groups is 1. The van der Waals surface area contributed by atoms with Crippen LogP contribution in [0, 0.1) is 0 Å². The third-order valence-corrected chi connectivity index (χ3v) is 4.02. The molecule has 2 rings (SSSR count). The van der Waals surface area contributed by atoms with Gasteiger partial charge in [-0.15, -0.1) is 11.8 Å². The SMILES string of the molecule is CCNC(c1ccccc1SC)c1nccn1CC. The van der Waals surface area contributed by atoms with Crippen molar-refractivity contribution >= 4 is 11.8 Å². The maximum Gasteiger partial charge on any atom is 0.130 e. The maximum atomic E-state index is 4.55. The molecular weight excluding hydrogens is 254 g/mol. The van der Waals surface area contributed by atoms with Gasteiger partial charge in [0.25, 0.3) is 0 Å². The van der Waals surface area contributed by atoms with E-state index in [1.54, 1.807) is 11.8 Å². The van der Waals surface area contributed by atoms with Gasteiger partial charge in [-0.2, -0.15) is 0 Å². The molecule has 4 heteroatoms. The summed E-state index contributed by atoms with van der Waals surface area (Å²) in [4.78, 5) is 5.85. The Labute approximate surface area is 119 Å². The number of benzene rings is 1. The molecule has 0 bridgehead atoms. The van der Waals surface area contributed by atoms with E-state index in [4.69, 9.17) is 0 Å². The second-order valence-electron chi connectivity index (χ2n) is 4.30. The predicted octanol–water partition coefficient (Wildman–Crippen LogP) is 3.32. The molecule has 0 aliphatic carbocycles. The first-order valence-corrected chi connectivity index (χ1v) is 7.91. The van der Waals surface area contributed by atoms with Crippen molar-refractivity contribution in [1.29, 1.82) is 0 Å². The minimum Gasteiger partial charge on any atom is -0.334 e. The number of hydrogen-bond acceptors (Lipinski definition) is 3. The van der Waals surface area contributed by atoms with E-state index in [1.807, 2.05) is 12.4 Å². The summed E-state index contributed by atoms with van der Waals surface area (Å²) < 4.78 is 2.20. The summed E-state index contributed by atoms with van der Waals surface area (Å²) in [5.74, 6) is 1.09. The molecule has 0 saturated heterocycles. The van der Waals surface area contributed by atoms with Crippen LogP contribution in [0.15, 0.2) is 41.6 Å².